The number of hydrogen-bond donors (Lipinski definition) is 1. The second kappa shape index (κ2) is 9.43. The Kier molecular flexibility index (Phi) is 6.20. The van der Waals surface area contributed by atoms with Crippen LogP contribution in [0.1, 0.15) is 41.7 Å². The van der Waals surface area contributed by atoms with Crippen molar-refractivity contribution < 1.29 is 14.0 Å². The molecule has 176 valence electrons. The minimum absolute atomic E-state index is 0.0373. The summed E-state index contributed by atoms with van der Waals surface area (Å²) in [4.78, 5) is 33.9. The summed E-state index contributed by atoms with van der Waals surface area (Å²) < 4.78 is 5.82. The van der Waals surface area contributed by atoms with E-state index in [1.807, 2.05) is 37.3 Å². The van der Waals surface area contributed by atoms with Crippen molar-refractivity contribution in [3.05, 3.63) is 65.1 Å². The van der Waals surface area contributed by atoms with Crippen LogP contribution in [0.5, 0.6) is 0 Å². The van der Waals surface area contributed by atoms with Gasteiger partial charge in [0.05, 0.1) is 6.04 Å². The topological polar surface area (TPSA) is 78.7 Å². The Labute approximate surface area is 199 Å². The van der Waals surface area contributed by atoms with Crippen LogP contribution in [0.2, 0.25) is 0 Å². The molecule has 0 bridgehead atoms. The zero-order chi connectivity index (χ0) is 23.7. The Hall–Kier alpha value is -3.45. The van der Waals surface area contributed by atoms with E-state index < -0.39 is 0 Å². The van der Waals surface area contributed by atoms with Crippen molar-refractivity contribution in [1.82, 2.24) is 14.8 Å². The average Bonchev–Trinajstić information content (AvgIpc) is 3.43. The number of rotatable bonds is 5. The fourth-order valence-corrected chi connectivity index (χ4v) is 4.98. The Bertz CT molecular complexity index is 1260. The fourth-order valence-electron chi connectivity index (χ4n) is 4.98. The Morgan fingerprint density at radius 3 is 2.91 bits per heavy atom. The van der Waals surface area contributed by atoms with Gasteiger partial charge in [-0.3, -0.25) is 14.5 Å². The number of aromatic nitrogens is 1. The smallest absolute Gasteiger partial charge is 0.246 e. The minimum atomic E-state index is -0.0953. The van der Waals surface area contributed by atoms with Crippen LogP contribution in [-0.2, 0) is 22.6 Å². The first-order chi connectivity index (χ1) is 16.5. The van der Waals surface area contributed by atoms with Crippen molar-refractivity contribution in [2.75, 3.05) is 25.5 Å². The van der Waals surface area contributed by atoms with Crippen LogP contribution in [-0.4, -0.2) is 52.8 Å². The summed E-state index contributed by atoms with van der Waals surface area (Å²) in [6.45, 7) is 4.37. The van der Waals surface area contributed by atoms with Crippen LogP contribution in [0, 0.1) is 6.92 Å². The third kappa shape index (κ3) is 4.48. The van der Waals surface area contributed by atoms with Crippen LogP contribution in [0.25, 0.3) is 17.0 Å². The number of nitrogens with zero attached hydrogens (tertiary/aromatic N) is 3. The fraction of sp³-hybridized carbons (Fsp3) is 0.370. The summed E-state index contributed by atoms with van der Waals surface area (Å²) in [6.07, 6.45) is 8.94. The van der Waals surface area contributed by atoms with E-state index in [1.165, 1.54) is 0 Å². The molecule has 3 aromatic rings. The van der Waals surface area contributed by atoms with E-state index in [-0.39, 0.29) is 17.9 Å². The third-order valence-corrected chi connectivity index (χ3v) is 6.89. The zero-order valence-electron chi connectivity index (χ0n) is 19.7. The number of amides is 2. The second-order valence-corrected chi connectivity index (χ2v) is 9.22. The van der Waals surface area contributed by atoms with Gasteiger partial charge in [-0.1, -0.05) is 18.2 Å². The van der Waals surface area contributed by atoms with Gasteiger partial charge in [-0.15, -0.1) is 0 Å². The summed E-state index contributed by atoms with van der Waals surface area (Å²) in [5, 5.41) is 4.04. The highest BCUT2D eigenvalue weighted by Gasteiger charge is 2.31. The van der Waals surface area contributed by atoms with Crippen molar-refractivity contribution in [1.29, 1.82) is 0 Å². The highest BCUT2D eigenvalue weighted by molar-refractivity contribution is 5.96. The number of para-hydroxylation sites is 1. The summed E-state index contributed by atoms with van der Waals surface area (Å²) in [7, 11) is 1.79. The predicted molar refractivity (Wildman–Crippen MR) is 132 cm³/mol. The molecule has 0 aliphatic carbocycles. The summed E-state index contributed by atoms with van der Waals surface area (Å²) >= 11 is 0. The predicted octanol–water partition coefficient (Wildman–Crippen LogP) is 4.16. The number of benzene rings is 1. The Morgan fingerprint density at radius 2 is 2.09 bits per heavy atom. The number of aryl methyl sites for hydroxylation is 2. The molecule has 34 heavy (non-hydrogen) atoms. The van der Waals surface area contributed by atoms with Gasteiger partial charge in [0.25, 0.3) is 0 Å². The van der Waals surface area contributed by atoms with E-state index in [0.29, 0.717) is 12.4 Å². The largest absolute Gasteiger partial charge is 0.461 e. The van der Waals surface area contributed by atoms with E-state index >= 15 is 0 Å². The number of furan rings is 1. The maximum Gasteiger partial charge on any atom is 0.246 e. The molecular weight excluding hydrogens is 428 g/mol. The number of anilines is 1. The number of carbonyl (C=O) groups is 2. The van der Waals surface area contributed by atoms with Crippen LogP contribution < -0.4 is 5.32 Å². The van der Waals surface area contributed by atoms with E-state index in [2.05, 4.69) is 15.2 Å². The number of pyridine rings is 1. The lowest BCUT2D eigenvalue weighted by atomic mass is 10.0. The van der Waals surface area contributed by atoms with Crippen LogP contribution in [0.15, 0.2) is 47.0 Å². The van der Waals surface area contributed by atoms with E-state index in [4.69, 9.17) is 4.42 Å². The molecule has 1 aromatic carbocycles. The molecular formula is C27H30N4O3. The van der Waals surface area contributed by atoms with Crippen molar-refractivity contribution in [2.24, 2.45) is 0 Å². The monoisotopic (exact) mass is 458 g/mol. The van der Waals surface area contributed by atoms with Crippen LogP contribution >= 0.6 is 0 Å². The van der Waals surface area contributed by atoms with Crippen molar-refractivity contribution in [2.45, 2.75) is 45.2 Å². The molecule has 2 aliphatic rings. The van der Waals surface area contributed by atoms with E-state index in [1.54, 1.807) is 30.3 Å². The standard InChI is InChI=1S/C27H30N4O3/c1-18-22(21-7-3-4-8-24(21)34-18)17-30(2)25(32)12-9-19-15-20-10-11-23(31-13-5-6-14-31)27(33)29-26(20)28-16-19/h3-4,7-9,12,15-16,23H,5-6,10-11,13-14,17H2,1-2H3,(H,28,29,33)/b12-9+. The summed E-state index contributed by atoms with van der Waals surface area (Å²) in [6, 6.07) is 9.81. The van der Waals surface area contributed by atoms with Gasteiger partial charge in [-0.2, -0.15) is 0 Å². The molecule has 1 atom stereocenters. The number of nitrogens with one attached hydrogen (secondary N) is 1. The van der Waals surface area contributed by atoms with Gasteiger partial charge in [0.15, 0.2) is 0 Å². The zero-order valence-corrected chi connectivity index (χ0v) is 19.7. The summed E-state index contributed by atoms with van der Waals surface area (Å²) in [5.41, 5.74) is 3.72. The van der Waals surface area contributed by atoms with Gasteiger partial charge >= 0.3 is 0 Å². The number of carbonyl (C=O) groups excluding carboxylic acids is 2. The van der Waals surface area contributed by atoms with Crippen molar-refractivity contribution in [3.63, 3.8) is 0 Å². The van der Waals surface area contributed by atoms with Gasteiger partial charge in [0, 0.05) is 36.8 Å². The maximum absolute atomic E-state index is 12.8. The molecule has 0 saturated carbocycles. The highest BCUT2D eigenvalue weighted by atomic mass is 16.3. The van der Waals surface area contributed by atoms with Gasteiger partial charge in [-0.05, 0) is 75.0 Å². The highest BCUT2D eigenvalue weighted by Crippen LogP contribution is 2.27. The molecule has 5 rings (SSSR count). The van der Waals surface area contributed by atoms with Gasteiger partial charge in [0.1, 0.15) is 17.2 Å². The molecule has 7 heteroatoms. The lowest BCUT2D eigenvalue weighted by molar-refractivity contribution is -0.125. The van der Waals surface area contributed by atoms with Crippen LogP contribution in [0.4, 0.5) is 5.82 Å². The lowest BCUT2D eigenvalue weighted by Gasteiger charge is -2.24. The van der Waals surface area contributed by atoms with Crippen LogP contribution in [0.3, 0.4) is 0 Å². The molecule has 7 nitrogen and oxygen atoms in total. The number of hydrogen-bond acceptors (Lipinski definition) is 5. The third-order valence-electron chi connectivity index (χ3n) is 6.89. The second-order valence-electron chi connectivity index (χ2n) is 9.22. The Balaban J connectivity index is 1.26. The van der Waals surface area contributed by atoms with E-state index in [0.717, 1.165) is 72.2 Å². The molecule has 1 fully saturated rings. The molecule has 0 spiro atoms. The Morgan fingerprint density at radius 1 is 1.29 bits per heavy atom. The molecule has 1 N–H and O–H groups in total. The molecule has 1 unspecified atom stereocenters. The lowest BCUT2D eigenvalue weighted by Crippen LogP contribution is -2.41. The molecule has 4 heterocycles. The van der Waals surface area contributed by atoms with Crippen molar-refractivity contribution in [3.8, 4) is 0 Å². The van der Waals surface area contributed by atoms with Crippen molar-refractivity contribution >= 4 is 34.7 Å². The minimum Gasteiger partial charge on any atom is -0.461 e. The first-order valence-electron chi connectivity index (χ1n) is 11.9. The molecule has 2 amide bonds. The SMILES string of the molecule is Cc1oc2ccccc2c1CN(C)C(=O)/C=C/c1cnc2c(c1)CCC(N1CCCC1)C(=O)N2. The van der Waals surface area contributed by atoms with Gasteiger partial charge < -0.3 is 14.6 Å². The molecule has 2 aromatic heterocycles. The summed E-state index contributed by atoms with van der Waals surface area (Å²) in [5.74, 6) is 1.40. The molecule has 1 saturated heterocycles. The van der Waals surface area contributed by atoms with Gasteiger partial charge in [0.2, 0.25) is 11.8 Å². The number of likely N-dealkylation sites (N-methyl/N-ethyl adjacent to an activating group) is 1. The first-order valence-corrected chi connectivity index (χ1v) is 11.9. The number of fused-ring (bicyclic) bond motifs is 2. The maximum atomic E-state index is 12.8. The first kappa shape index (κ1) is 22.3. The normalized spacial score (nSPS) is 18.8. The van der Waals surface area contributed by atoms with Gasteiger partial charge in [-0.25, -0.2) is 4.98 Å². The molecule has 2 aliphatic heterocycles. The number of likely N-dealkylation sites (tertiary alicyclic amines) is 1. The van der Waals surface area contributed by atoms with E-state index in [9.17, 15) is 9.59 Å². The average molecular weight is 459 g/mol. The quantitative estimate of drug-likeness (QED) is 0.581. The molecule has 0 radical (unpaired) electrons.